The van der Waals surface area contributed by atoms with Gasteiger partial charge in [-0.1, -0.05) is 6.07 Å². The van der Waals surface area contributed by atoms with Gasteiger partial charge < -0.3 is 15.0 Å². The van der Waals surface area contributed by atoms with Gasteiger partial charge in [0.05, 0.1) is 5.52 Å². The molecule has 0 saturated carbocycles. The average Bonchev–Trinajstić information content (AvgIpc) is 2.76. The molecule has 3 rings (SSSR count). The molecule has 0 atom stereocenters. The van der Waals surface area contributed by atoms with Crippen LogP contribution in [-0.2, 0) is 7.05 Å². The van der Waals surface area contributed by atoms with E-state index in [0.717, 1.165) is 0 Å². The largest absolute Gasteiger partial charge is 0.493 e. The lowest BCUT2D eigenvalue weighted by atomic mass is 10.2. The van der Waals surface area contributed by atoms with Crippen LogP contribution in [0.3, 0.4) is 0 Å². The molecule has 0 radical (unpaired) electrons. The van der Waals surface area contributed by atoms with E-state index in [9.17, 15) is 13.9 Å². The summed E-state index contributed by atoms with van der Waals surface area (Å²) >= 11 is 5.02. The third-order valence-corrected chi connectivity index (χ3v) is 3.61. The Morgan fingerprint density at radius 2 is 1.92 bits per heavy atom. The van der Waals surface area contributed by atoms with Crippen molar-refractivity contribution in [2.45, 2.75) is 0 Å². The summed E-state index contributed by atoms with van der Waals surface area (Å²) in [5.74, 6) is -1.03. The number of thiocarbonyl (C=S) groups is 1. The standard InChI is InChI=1S/C16H12F2N4OS/c1-22-13-6-5-10(18)8-12(13)14(15(22)23)20-21-16(24)19-11-4-2-3-9(17)7-11/h2-8,23H,1H3,(H,19,24). The summed E-state index contributed by atoms with van der Waals surface area (Å²) in [5, 5.41) is 20.9. The smallest absolute Gasteiger partial charge is 0.220 e. The zero-order chi connectivity index (χ0) is 17.3. The summed E-state index contributed by atoms with van der Waals surface area (Å²) in [7, 11) is 1.62. The van der Waals surface area contributed by atoms with Gasteiger partial charge in [-0.2, -0.15) is 0 Å². The molecule has 122 valence electrons. The summed E-state index contributed by atoms with van der Waals surface area (Å²) in [5.41, 5.74) is 1.13. The van der Waals surface area contributed by atoms with Crippen LogP contribution in [0.2, 0.25) is 0 Å². The Bertz CT molecular complexity index is 968. The third kappa shape index (κ3) is 3.09. The van der Waals surface area contributed by atoms with Crippen LogP contribution in [0, 0.1) is 11.6 Å². The van der Waals surface area contributed by atoms with E-state index in [1.54, 1.807) is 13.1 Å². The Kier molecular flexibility index (Phi) is 4.22. The SMILES string of the molecule is Cn1c(O)c(N=NC(=S)Nc2cccc(F)c2)c2cc(F)ccc21. The number of benzene rings is 2. The highest BCUT2D eigenvalue weighted by Crippen LogP contribution is 2.38. The fourth-order valence-corrected chi connectivity index (χ4v) is 2.45. The zero-order valence-electron chi connectivity index (χ0n) is 12.5. The number of rotatable bonds is 2. The van der Waals surface area contributed by atoms with Crippen molar-refractivity contribution in [3.8, 4) is 5.88 Å². The normalized spacial score (nSPS) is 11.3. The lowest BCUT2D eigenvalue weighted by Crippen LogP contribution is -2.04. The van der Waals surface area contributed by atoms with E-state index >= 15 is 0 Å². The van der Waals surface area contributed by atoms with Gasteiger partial charge in [0, 0.05) is 18.1 Å². The molecule has 0 aliphatic carbocycles. The summed E-state index contributed by atoms with van der Waals surface area (Å²) < 4.78 is 28.0. The minimum Gasteiger partial charge on any atom is -0.493 e. The first-order chi connectivity index (χ1) is 11.5. The van der Waals surface area contributed by atoms with Crippen LogP contribution in [0.25, 0.3) is 10.9 Å². The van der Waals surface area contributed by atoms with Crippen molar-refractivity contribution in [3.63, 3.8) is 0 Å². The molecule has 0 aliphatic heterocycles. The second kappa shape index (κ2) is 6.32. The fourth-order valence-electron chi connectivity index (χ4n) is 2.29. The average molecular weight is 346 g/mol. The topological polar surface area (TPSA) is 61.9 Å². The number of halogens is 2. The maximum atomic E-state index is 13.4. The molecule has 0 spiro atoms. The number of anilines is 1. The second-order valence-electron chi connectivity index (χ2n) is 5.03. The van der Waals surface area contributed by atoms with Gasteiger partial charge in [0.1, 0.15) is 11.6 Å². The van der Waals surface area contributed by atoms with E-state index in [4.69, 9.17) is 12.2 Å². The highest BCUT2D eigenvalue weighted by atomic mass is 32.1. The van der Waals surface area contributed by atoms with Crippen LogP contribution < -0.4 is 5.32 Å². The minimum absolute atomic E-state index is 0.0200. The minimum atomic E-state index is -0.454. The molecule has 0 saturated heterocycles. The molecule has 2 aromatic carbocycles. The quantitative estimate of drug-likeness (QED) is 0.525. The Hall–Kier alpha value is -2.87. The molecule has 2 N–H and O–H groups in total. The van der Waals surface area contributed by atoms with Crippen molar-refractivity contribution < 1.29 is 13.9 Å². The van der Waals surface area contributed by atoms with Crippen LogP contribution in [0.5, 0.6) is 5.88 Å². The number of aryl methyl sites for hydroxylation is 1. The van der Waals surface area contributed by atoms with E-state index in [1.807, 2.05) is 0 Å². The van der Waals surface area contributed by atoms with Crippen molar-refractivity contribution in [1.82, 2.24) is 4.57 Å². The lowest BCUT2D eigenvalue weighted by molar-refractivity contribution is 0.436. The molecular formula is C16H12F2N4OS. The molecule has 3 aromatic rings. The molecule has 24 heavy (non-hydrogen) atoms. The van der Waals surface area contributed by atoms with E-state index in [-0.39, 0.29) is 16.7 Å². The molecular weight excluding hydrogens is 334 g/mol. The van der Waals surface area contributed by atoms with Crippen LogP contribution in [-0.4, -0.2) is 14.8 Å². The second-order valence-corrected chi connectivity index (χ2v) is 5.42. The van der Waals surface area contributed by atoms with Gasteiger partial charge in [0.15, 0.2) is 5.69 Å². The third-order valence-electron chi connectivity index (χ3n) is 3.42. The molecule has 0 unspecified atom stereocenters. The van der Waals surface area contributed by atoms with Crippen LogP contribution in [0.1, 0.15) is 0 Å². The number of nitrogens with one attached hydrogen (secondary N) is 1. The summed E-state index contributed by atoms with van der Waals surface area (Å²) in [6.07, 6.45) is 0. The molecule has 1 aromatic heterocycles. The van der Waals surface area contributed by atoms with E-state index in [1.165, 1.54) is 41.0 Å². The Labute approximate surface area is 141 Å². The number of fused-ring (bicyclic) bond motifs is 1. The van der Waals surface area contributed by atoms with Gasteiger partial charge in [-0.05, 0) is 48.6 Å². The molecule has 1 heterocycles. The van der Waals surface area contributed by atoms with Crippen molar-refractivity contribution in [1.29, 1.82) is 0 Å². The Balaban J connectivity index is 1.89. The maximum Gasteiger partial charge on any atom is 0.220 e. The van der Waals surface area contributed by atoms with E-state index in [2.05, 4.69) is 15.5 Å². The first kappa shape index (κ1) is 16.0. The van der Waals surface area contributed by atoms with Crippen molar-refractivity contribution in [2.24, 2.45) is 17.3 Å². The first-order valence-corrected chi connectivity index (χ1v) is 7.31. The summed E-state index contributed by atoms with van der Waals surface area (Å²) in [6, 6.07) is 9.79. The fraction of sp³-hybridized carbons (Fsp3) is 0.0625. The molecule has 0 fully saturated rings. The highest BCUT2D eigenvalue weighted by molar-refractivity contribution is 7.80. The molecule has 0 bridgehead atoms. The van der Waals surface area contributed by atoms with Crippen molar-refractivity contribution in [2.75, 3.05) is 5.32 Å². The molecule has 0 amide bonds. The van der Waals surface area contributed by atoms with Crippen molar-refractivity contribution in [3.05, 3.63) is 54.1 Å². The predicted octanol–water partition coefficient (Wildman–Crippen LogP) is 4.64. The van der Waals surface area contributed by atoms with Gasteiger partial charge in [0.25, 0.3) is 0 Å². The van der Waals surface area contributed by atoms with Crippen LogP contribution >= 0.6 is 12.2 Å². The number of azo groups is 1. The maximum absolute atomic E-state index is 13.4. The summed E-state index contributed by atoms with van der Waals surface area (Å²) in [4.78, 5) is 0. The molecule has 5 nitrogen and oxygen atoms in total. The van der Waals surface area contributed by atoms with Gasteiger partial charge in [-0.15, -0.1) is 10.2 Å². The number of hydrogen-bond acceptors (Lipinski definition) is 3. The van der Waals surface area contributed by atoms with Gasteiger partial charge in [0.2, 0.25) is 11.0 Å². The number of nitrogens with zero attached hydrogens (tertiary/aromatic N) is 3. The molecule has 8 heteroatoms. The number of aromatic nitrogens is 1. The van der Waals surface area contributed by atoms with Gasteiger partial charge >= 0.3 is 0 Å². The monoisotopic (exact) mass is 346 g/mol. The summed E-state index contributed by atoms with van der Waals surface area (Å²) in [6.45, 7) is 0. The highest BCUT2D eigenvalue weighted by Gasteiger charge is 2.15. The van der Waals surface area contributed by atoms with Crippen molar-refractivity contribution >= 4 is 39.6 Å². The Morgan fingerprint density at radius 3 is 2.67 bits per heavy atom. The zero-order valence-corrected chi connectivity index (χ0v) is 13.3. The predicted molar refractivity (Wildman–Crippen MR) is 91.7 cm³/mol. The van der Waals surface area contributed by atoms with E-state index in [0.29, 0.717) is 16.6 Å². The molecule has 0 aliphatic rings. The van der Waals surface area contributed by atoms with Gasteiger partial charge in [-0.25, -0.2) is 8.78 Å². The number of aromatic hydroxyl groups is 1. The lowest BCUT2D eigenvalue weighted by Gasteiger charge is -2.02. The van der Waals surface area contributed by atoms with Gasteiger partial charge in [-0.3, -0.25) is 0 Å². The van der Waals surface area contributed by atoms with E-state index < -0.39 is 11.6 Å². The number of hydrogen-bond donors (Lipinski definition) is 2. The first-order valence-electron chi connectivity index (χ1n) is 6.91. The Morgan fingerprint density at radius 1 is 1.17 bits per heavy atom. The van der Waals surface area contributed by atoms with Crippen LogP contribution in [0.15, 0.2) is 52.7 Å². The van der Waals surface area contributed by atoms with Crippen LogP contribution in [0.4, 0.5) is 20.2 Å².